The van der Waals surface area contributed by atoms with E-state index in [2.05, 4.69) is 6.92 Å². The van der Waals surface area contributed by atoms with Gasteiger partial charge in [0.15, 0.2) is 0 Å². The molecule has 23 heavy (non-hydrogen) atoms. The van der Waals surface area contributed by atoms with Gasteiger partial charge in [-0.3, -0.25) is 0 Å². The van der Waals surface area contributed by atoms with Crippen LogP contribution in [0.5, 0.6) is 0 Å². The number of hydrogen-bond acceptors (Lipinski definition) is 3. The SMILES string of the molecule is CCOC1C[C@H]2C(CC[C@@H]3[C@@H]2CC[C@]2(C)[C@@H](O)CC[C@@H]32)CC1O. The maximum absolute atomic E-state index is 10.5. The molecule has 3 nitrogen and oxygen atoms in total. The molecule has 0 bridgehead atoms. The standard InChI is InChI=1S/C20H34O3/c1-3-23-18-11-15-12(10-17(18)21)4-5-14-13(15)8-9-20(2)16(14)6-7-19(20)22/h12-19,21-22H,3-11H2,1-2H3/t12?,13-,14+,15-,16-,17?,18?,19-,20-/m0/s1. The van der Waals surface area contributed by atoms with E-state index in [0.29, 0.717) is 12.5 Å². The van der Waals surface area contributed by atoms with Gasteiger partial charge in [-0.2, -0.15) is 0 Å². The summed E-state index contributed by atoms with van der Waals surface area (Å²) in [5.41, 5.74) is 0.182. The third kappa shape index (κ3) is 2.49. The molecule has 4 saturated carbocycles. The van der Waals surface area contributed by atoms with Crippen LogP contribution >= 0.6 is 0 Å². The Kier molecular flexibility index (Phi) is 4.26. The topological polar surface area (TPSA) is 49.7 Å². The van der Waals surface area contributed by atoms with Crippen LogP contribution in [0.3, 0.4) is 0 Å². The number of hydrogen-bond donors (Lipinski definition) is 2. The summed E-state index contributed by atoms with van der Waals surface area (Å²) in [6.45, 7) is 5.10. The third-order valence-corrected chi connectivity index (χ3v) is 8.33. The lowest BCUT2D eigenvalue weighted by Gasteiger charge is -2.56. The Morgan fingerprint density at radius 1 is 0.957 bits per heavy atom. The molecule has 3 heteroatoms. The van der Waals surface area contributed by atoms with Gasteiger partial charge in [0, 0.05) is 6.61 Å². The van der Waals surface area contributed by atoms with Crippen molar-refractivity contribution in [2.75, 3.05) is 6.61 Å². The van der Waals surface area contributed by atoms with Crippen LogP contribution in [-0.2, 0) is 4.74 Å². The molecule has 0 saturated heterocycles. The number of aliphatic hydroxyl groups is 2. The predicted octanol–water partition coefficient (Wildman–Crippen LogP) is 3.38. The summed E-state index contributed by atoms with van der Waals surface area (Å²) in [5.74, 6) is 3.81. The first-order chi connectivity index (χ1) is 11.0. The van der Waals surface area contributed by atoms with E-state index in [0.717, 1.165) is 42.9 Å². The Hall–Kier alpha value is -0.120. The van der Waals surface area contributed by atoms with Crippen LogP contribution in [-0.4, -0.2) is 35.1 Å². The summed E-state index contributed by atoms with van der Waals surface area (Å²) in [5, 5.41) is 20.9. The van der Waals surface area contributed by atoms with Crippen molar-refractivity contribution in [1.82, 2.24) is 0 Å². The Morgan fingerprint density at radius 2 is 1.78 bits per heavy atom. The van der Waals surface area contributed by atoms with Gasteiger partial charge >= 0.3 is 0 Å². The zero-order valence-corrected chi connectivity index (χ0v) is 14.8. The minimum atomic E-state index is -0.255. The second-order valence-electron chi connectivity index (χ2n) is 9.11. The molecule has 4 aliphatic carbocycles. The zero-order valence-electron chi connectivity index (χ0n) is 14.8. The maximum atomic E-state index is 10.5. The average molecular weight is 322 g/mol. The molecule has 0 heterocycles. The number of aliphatic hydroxyl groups excluding tert-OH is 2. The molecular formula is C20H34O3. The molecule has 0 aromatic rings. The molecule has 3 unspecified atom stereocenters. The fraction of sp³-hybridized carbons (Fsp3) is 1.00. The highest BCUT2D eigenvalue weighted by Crippen LogP contribution is 2.62. The van der Waals surface area contributed by atoms with Crippen LogP contribution in [0.1, 0.15) is 65.2 Å². The molecule has 0 aromatic heterocycles. The van der Waals surface area contributed by atoms with Crippen molar-refractivity contribution in [3.05, 3.63) is 0 Å². The number of fused-ring (bicyclic) bond motifs is 5. The van der Waals surface area contributed by atoms with E-state index in [1.165, 1.54) is 32.1 Å². The molecule has 0 radical (unpaired) electrons. The van der Waals surface area contributed by atoms with Gasteiger partial charge in [0.1, 0.15) is 0 Å². The molecule has 0 aliphatic heterocycles. The average Bonchev–Trinajstić information content (AvgIpc) is 2.84. The molecule has 0 aromatic carbocycles. The Bertz CT molecular complexity index is 439. The van der Waals surface area contributed by atoms with E-state index in [1.54, 1.807) is 0 Å². The lowest BCUT2D eigenvalue weighted by molar-refractivity contribution is -0.134. The molecule has 9 atom stereocenters. The van der Waals surface area contributed by atoms with Crippen LogP contribution in [0.2, 0.25) is 0 Å². The van der Waals surface area contributed by atoms with Crippen LogP contribution in [0.25, 0.3) is 0 Å². The smallest absolute Gasteiger partial charge is 0.0836 e. The van der Waals surface area contributed by atoms with E-state index in [1.807, 2.05) is 6.92 Å². The summed E-state index contributed by atoms with van der Waals surface area (Å²) in [6, 6.07) is 0. The zero-order chi connectivity index (χ0) is 16.2. The highest BCUT2D eigenvalue weighted by Gasteiger charge is 2.57. The van der Waals surface area contributed by atoms with Gasteiger partial charge in [0.05, 0.1) is 18.3 Å². The van der Waals surface area contributed by atoms with Crippen LogP contribution in [0.15, 0.2) is 0 Å². The van der Waals surface area contributed by atoms with Crippen molar-refractivity contribution in [3.63, 3.8) is 0 Å². The summed E-state index contributed by atoms with van der Waals surface area (Å²) < 4.78 is 5.86. The third-order valence-electron chi connectivity index (χ3n) is 8.33. The Morgan fingerprint density at radius 3 is 2.57 bits per heavy atom. The van der Waals surface area contributed by atoms with E-state index in [4.69, 9.17) is 4.74 Å². The van der Waals surface area contributed by atoms with Gasteiger partial charge in [-0.15, -0.1) is 0 Å². The van der Waals surface area contributed by atoms with Gasteiger partial charge in [0.25, 0.3) is 0 Å². The second kappa shape index (κ2) is 6.00. The largest absolute Gasteiger partial charge is 0.393 e. The van der Waals surface area contributed by atoms with E-state index >= 15 is 0 Å². The molecule has 0 amide bonds. The second-order valence-corrected chi connectivity index (χ2v) is 9.11. The van der Waals surface area contributed by atoms with Crippen molar-refractivity contribution in [1.29, 1.82) is 0 Å². The van der Waals surface area contributed by atoms with Crippen molar-refractivity contribution < 1.29 is 14.9 Å². The minimum absolute atomic E-state index is 0.0579. The first kappa shape index (κ1) is 16.4. The van der Waals surface area contributed by atoms with Gasteiger partial charge in [-0.25, -0.2) is 0 Å². The van der Waals surface area contributed by atoms with Gasteiger partial charge in [0.2, 0.25) is 0 Å². The van der Waals surface area contributed by atoms with Crippen molar-refractivity contribution in [2.45, 2.75) is 83.5 Å². The van der Waals surface area contributed by atoms with Gasteiger partial charge < -0.3 is 14.9 Å². The predicted molar refractivity (Wildman–Crippen MR) is 89.9 cm³/mol. The Labute approximate surface area is 140 Å². The monoisotopic (exact) mass is 322 g/mol. The molecular weight excluding hydrogens is 288 g/mol. The van der Waals surface area contributed by atoms with E-state index in [-0.39, 0.29) is 23.7 Å². The van der Waals surface area contributed by atoms with Crippen molar-refractivity contribution in [2.24, 2.45) is 35.0 Å². The fourth-order valence-electron chi connectivity index (χ4n) is 7.15. The maximum Gasteiger partial charge on any atom is 0.0836 e. The molecule has 4 fully saturated rings. The first-order valence-corrected chi connectivity index (χ1v) is 10.0. The Balaban J connectivity index is 1.54. The highest BCUT2D eigenvalue weighted by molar-refractivity contribution is 5.06. The van der Waals surface area contributed by atoms with Crippen LogP contribution < -0.4 is 0 Å². The molecule has 2 N–H and O–H groups in total. The number of rotatable bonds is 2. The molecule has 0 spiro atoms. The van der Waals surface area contributed by atoms with Gasteiger partial charge in [-0.05, 0) is 93.3 Å². The van der Waals surface area contributed by atoms with E-state index in [9.17, 15) is 10.2 Å². The first-order valence-electron chi connectivity index (χ1n) is 10.0. The summed E-state index contributed by atoms with van der Waals surface area (Å²) in [7, 11) is 0. The normalized spacial score (nSPS) is 55.8. The lowest BCUT2D eigenvalue weighted by Crippen LogP contribution is -2.52. The quantitative estimate of drug-likeness (QED) is 0.819. The minimum Gasteiger partial charge on any atom is -0.393 e. The van der Waals surface area contributed by atoms with Gasteiger partial charge in [-0.1, -0.05) is 6.92 Å². The summed E-state index contributed by atoms with van der Waals surface area (Å²) >= 11 is 0. The summed E-state index contributed by atoms with van der Waals surface area (Å²) in [4.78, 5) is 0. The van der Waals surface area contributed by atoms with Crippen LogP contribution in [0, 0.1) is 35.0 Å². The van der Waals surface area contributed by atoms with Crippen molar-refractivity contribution >= 4 is 0 Å². The molecule has 132 valence electrons. The van der Waals surface area contributed by atoms with E-state index < -0.39 is 0 Å². The molecule has 4 rings (SSSR count). The van der Waals surface area contributed by atoms with Crippen molar-refractivity contribution in [3.8, 4) is 0 Å². The fourth-order valence-corrected chi connectivity index (χ4v) is 7.15. The lowest BCUT2D eigenvalue weighted by atomic mass is 9.50. The number of ether oxygens (including phenoxy) is 1. The van der Waals surface area contributed by atoms with Crippen LogP contribution in [0.4, 0.5) is 0 Å². The summed E-state index contributed by atoms with van der Waals surface area (Å²) in [6.07, 6.45) is 9.07. The molecule has 4 aliphatic rings. The highest BCUT2D eigenvalue weighted by atomic mass is 16.5.